The van der Waals surface area contributed by atoms with Gasteiger partial charge in [0.2, 0.25) is 5.91 Å². The Balaban J connectivity index is 1.55. The maximum atomic E-state index is 12.8. The van der Waals surface area contributed by atoms with Crippen molar-refractivity contribution in [2.24, 2.45) is 5.92 Å². The van der Waals surface area contributed by atoms with Crippen LogP contribution in [0.4, 0.5) is 0 Å². The topological polar surface area (TPSA) is 68.3 Å². The summed E-state index contributed by atoms with van der Waals surface area (Å²) in [7, 11) is 1.60. The average molecular weight is 376 g/mol. The van der Waals surface area contributed by atoms with E-state index in [1.807, 2.05) is 4.90 Å². The van der Waals surface area contributed by atoms with E-state index in [2.05, 4.69) is 0 Å². The fourth-order valence-electron chi connectivity index (χ4n) is 3.59. The highest BCUT2D eigenvalue weighted by atomic mass is 16.5. The number of benzene rings is 1. The van der Waals surface area contributed by atoms with Gasteiger partial charge in [0.1, 0.15) is 11.5 Å². The molecule has 7 heteroatoms. The van der Waals surface area contributed by atoms with E-state index in [4.69, 9.17) is 14.2 Å². The number of amides is 2. The highest BCUT2D eigenvalue weighted by Gasteiger charge is 2.33. The second-order valence-corrected chi connectivity index (χ2v) is 7.00. The van der Waals surface area contributed by atoms with Gasteiger partial charge in [0.05, 0.1) is 26.2 Å². The van der Waals surface area contributed by atoms with E-state index in [0.29, 0.717) is 45.1 Å². The molecule has 0 unspecified atom stereocenters. The Morgan fingerprint density at radius 2 is 1.74 bits per heavy atom. The second kappa shape index (κ2) is 9.08. The van der Waals surface area contributed by atoms with Crippen molar-refractivity contribution >= 4 is 11.8 Å². The number of rotatable bonds is 5. The molecule has 2 atom stereocenters. The van der Waals surface area contributed by atoms with E-state index in [1.165, 1.54) is 0 Å². The molecule has 2 heterocycles. The number of methoxy groups -OCH3 is 1. The summed E-state index contributed by atoms with van der Waals surface area (Å²) in [5, 5.41) is 0. The van der Waals surface area contributed by atoms with Crippen LogP contribution in [0.3, 0.4) is 0 Å². The Morgan fingerprint density at radius 3 is 2.41 bits per heavy atom. The third kappa shape index (κ3) is 4.91. The Morgan fingerprint density at radius 1 is 1.07 bits per heavy atom. The van der Waals surface area contributed by atoms with Crippen molar-refractivity contribution in [3.05, 3.63) is 24.3 Å². The van der Waals surface area contributed by atoms with Crippen LogP contribution in [-0.2, 0) is 14.3 Å². The molecule has 1 aromatic rings. The second-order valence-electron chi connectivity index (χ2n) is 7.00. The van der Waals surface area contributed by atoms with Crippen LogP contribution in [-0.4, -0.2) is 74.2 Å². The van der Waals surface area contributed by atoms with Crippen LogP contribution < -0.4 is 9.47 Å². The maximum absolute atomic E-state index is 12.8. The molecule has 27 heavy (non-hydrogen) atoms. The van der Waals surface area contributed by atoms with Crippen molar-refractivity contribution in [3.8, 4) is 11.5 Å². The van der Waals surface area contributed by atoms with Crippen molar-refractivity contribution in [2.45, 2.75) is 25.9 Å². The van der Waals surface area contributed by atoms with E-state index < -0.39 is 6.10 Å². The lowest BCUT2D eigenvalue weighted by Gasteiger charge is -2.37. The SMILES string of the molecule is COc1ccc(O[C@@H](C)C(=O)N2CCC[C@@H](C(=O)N3CCOCC3)C2)cc1. The molecular weight excluding hydrogens is 348 g/mol. The minimum absolute atomic E-state index is 0.0784. The molecule has 0 radical (unpaired) electrons. The van der Waals surface area contributed by atoms with Crippen molar-refractivity contribution in [3.63, 3.8) is 0 Å². The first-order valence-corrected chi connectivity index (χ1v) is 9.54. The van der Waals surface area contributed by atoms with Gasteiger partial charge < -0.3 is 24.0 Å². The van der Waals surface area contributed by atoms with Gasteiger partial charge in [0, 0.05) is 26.2 Å². The smallest absolute Gasteiger partial charge is 0.263 e. The molecule has 1 aromatic carbocycles. The molecule has 0 bridgehead atoms. The van der Waals surface area contributed by atoms with Gasteiger partial charge in [-0.05, 0) is 44.0 Å². The van der Waals surface area contributed by atoms with Crippen LogP contribution in [0.1, 0.15) is 19.8 Å². The highest BCUT2D eigenvalue weighted by Crippen LogP contribution is 2.22. The van der Waals surface area contributed by atoms with Crippen LogP contribution in [0.25, 0.3) is 0 Å². The number of ether oxygens (including phenoxy) is 3. The van der Waals surface area contributed by atoms with Crippen molar-refractivity contribution in [1.29, 1.82) is 0 Å². The minimum Gasteiger partial charge on any atom is -0.497 e. The molecule has 7 nitrogen and oxygen atoms in total. The molecule has 148 valence electrons. The monoisotopic (exact) mass is 376 g/mol. The molecule has 0 aromatic heterocycles. The molecule has 2 fully saturated rings. The maximum Gasteiger partial charge on any atom is 0.263 e. The van der Waals surface area contributed by atoms with Crippen LogP contribution >= 0.6 is 0 Å². The number of hydrogen-bond donors (Lipinski definition) is 0. The summed E-state index contributed by atoms with van der Waals surface area (Å²) in [6.07, 6.45) is 1.06. The van der Waals surface area contributed by atoms with E-state index in [1.54, 1.807) is 43.2 Å². The van der Waals surface area contributed by atoms with Crippen LogP contribution in [0.5, 0.6) is 11.5 Å². The highest BCUT2D eigenvalue weighted by molar-refractivity contribution is 5.83. The Kier molecular flexibility index (Phi) is 6.55. The number of nitrogens with zero attached hydrogens (tertiary/aromatic N) is 2. The zero-order chi connectivity index (χ0) is 19.2. The van der Waals surface area contributed by atoms with Crippen molar-refractivity contribution < 1.29 is 23.8 Å². The number of likely N-dealkylation sites (tertiary alicyclic amines) is 1. The van der Waals surface area contributed by atoms with E-state index >= 15 is 0 Å². The molecule has 2 aliphatic heterocycles. The quantitative estimate of drug-likeness (QED) is 0.780. The lowest BCUT2D eigenvalue weighted by atomic mass is 9.96. The lowest BCUT2D eigenvalue weighted by Crippen LogP contribution is -2.51. The summed E-state index contributed by atoms with van der Waals surface area (Å²) in [4.78, 5) is 29.2. The molecule has 0 spiro atoms. The summed E-state index contributed by atoms with van der Waals surface area (Å²) >= 11 is 0. The van der Waals surface area contributed by atoms with Crippen LogP contribution in [0.15, 0.2) is 24.3 Å². The molecule has 0 N–H and O–H groups in total. The standard InChI is InChI=1S/C20H28N2O5/c1-15(27-18-7-5-17(25-2)6-8-18)19(23)22-9-3-4-16(14-22)20(24)21-10-12-26-13-11-21/h5-8,15-16H,3-4,9-14H2,1-2H3/t15-,16+/m0/s1. The number of morpholine rings is 1. The largest absolute Gasteiger partial charge is 0.497 e. The summed E-state index contributed by atoms with van der Waals surface area (Å²) < 4.78 is 16.2. The van der Waals surface area contributed by atoms with Crippen molar-refractivity contribution in [1.82, 2.24) is 9.80 Å². The van der Waals surface area contributed by atoms with Gasteiger partial charge in [-0.25, -0.2) is 0 Å². The predicted molar refractivity (Wildman–Crippen MR) is 99.8 cm³/mol. The number of carbonyl (C=O) groups excluding carboxylic acids is 2. The first-order valence-electron chi connectivity index (χ1n) is 9.54. The van der Waals surface area contributed by atoms with Gasteiger partial charge in [0.15, 0.2) is 6.10 Å². The summed E-state index contributed by atoms with van der Waals surface area (Å²) in [5.41, 5.74) is 0. The van der Waals surface area contributed by atoms with Gasteiger partial charge in [-0.2, -0.15) is 0 Å². The van der Waals surface area contributed by atoms with Crippen molar-refractivity contribution in [2.75, 3.05) is 46.5 Å². The summed E-state index contributed by atoms with van der Waals surface area (Å²) in [6, 6.07) is 7.15. The molecule has 0 aliphatic carbocycles. The predicted octanol–water partition coefficient (Wildman–Crippen LogP) is 1.56. The summed E-state index contributed by atoms with van der Waals surface area (Å²) in [6.45, 7) is 5.34. The van der Waals surface area contributed by atoms with E-state index in [0.717, 1.165) is 18.6 Å². The van der Waals surface area contributed by atoms with Crippen LogP contribution in [0, 0.1) is 5.92 Å². The molecule has 2 amide bonds. The minimum atomic E-state index is -0.601. The average Bonchev–Trinajstić information content (AvgIpc) is 2.74. The first-order chi connectivity index (χ1) is 13.1. The third-order valence-corrected chi connectivity index (χ3v) is 5.13. The van der Waals surface area contributed by atoms with Gasteiger partial charge >= 0.3 is 0 Å². The normalized spacial score (nSPS) is 21.5. The molecular formula is C20H28N2O5. The fourth-order valence-corrected chi connectivity index (χ4v) is 3.59. The zero-order valence-electron chi connectivity index (χ0n) is 16.1. The Hall–Kier alpha value is -2.28. The molecule has 3 rings (SSSR count). The van der Waals surface area contributed by atoms with Gasteiger partial charge in [0.25, 0.3) is 5.91 Å². The van der Waals surface area contributed by atoms with Crippen LogP contribution in [0.2, 0.25) is 0 Å². The first kappa shape index (κ1) is 19.5. The molecule has 2 aliphatic rings. The molecule has 0 saturated carbocycles. The zero-order valence-corrected chi connectivity index (χ0v) is 16.1. The number of carbonyl (C=O) groups is 2. The summed E-state index contributed by atoms with van der Waals surface area (Å²) in [5.74, 6) is 1.29. The Labute approximate surface area is 160 Å². The number of hydrogen-bond acceptors (Lipinski definition) is 5. The fraction of sp³-hybridized carbons (Fsp3) is 0.600. The van der Waals surface area contributed by atoms with Gasteiger partial charge in [-0.1, -0.05) is 0 Å². The molecule has 2 saturated heterocycles. The Bertz CT molecular complexity index is 642. The van der Waals surface area contributed by atoms with Gasteiger partial charge in [-0.15, -0.1) is 0 Å². The third-order valence-electron chi connectivity index (χ3n) is 5.13. The lowest BCUT2D eigenvalue weighted by molar-refractivity contribution is -0.146. The van der Waals surface area contributed by atoms with E-state index in [-0.39, 0.29) is 17.7 Å². The van der Waals surface area contributed by atoms with E-state index in [9.17, 15) is 9.59 Å². The van der Waals surface area contributed by atoms with Gasteiger partial charge in [-0.3, -0.25) is 9.59 Å². The number of piperidine rings is 1.